The van der Waals surface area contributed by atoms with E-state index < -0.39 is 0 Å². The molecule has 0 saturated carbocycles. The van der Waals surface area contributed by atoms with Crippen molar-refractivity contribution in [2.45, 2.75) is 0 Å². The number of hydrogen-bond acceptors (Lipinski definition) is 5. The van der Waals surface area contributed by atoms with E-state index in [0.29, 0.717) is 33.4 Å². The minimum Gasteiger partial charge on any atom is -0.333 e. The Bertz CT molecular complexity index is 1150. The van der Waals surface area contributed by atoms with Crippen molar-refractivity contribution < 1.29 is 9.32 Å². The number of hydrogen-bond donors (Lipinski definition) is 1. The van der Waals surface area contributed by atoms with Crippen LogP contribution in [0.15, 0.2) is 71.4 Å². The second-order valence-corrected chi connectivity index (χ2v) is 6.61. The van der Waals surface area contributed by atoms with Crippen molar-refractivity contribution in [3.05, 3.63) is 82.5 Å². The minimum atomic E-state index is -0.376. The number of nitrogens with zero attached hydrogens (tertiary/aromatic N) is 3. The van der Waals surface area contributed by atoms with Gasteiger partial charge in [-0.1, -0.05) is 46.6 Å². The Labute approximate surface area is 170 Å². The minimum absolute atomic E-state index is 0.262. The molecule has 138 valence electrons. The third-order valence-electron chi connectivity index (χ3n) is 3.90. The maximum atomic E-state index is 12.6. The average molecular weight is 411 g/mol. The van der Waals surface area contributed by atoms with Crippen molar-refractivity contribution in [2.24, 2.45) is 0 Å². The summed E-state index contributed by atoms with van der Waals surface area (Å²) < 4.78 is 5.38. The number of benzene rings is 2. The smallest absolute Gasteiger partial charge is 0.260 e. The van der Waals surface area contributed by atoms with Gasteiger partial charge in [0.05, 0.1) is 21.8 Å². The number of carbonyl (C=O) groups is 1. The molecule has 0 aliphatic heterocycles. The molecule has 4 aromatic rings. The highest BCUT2D eigenvalue weighted by Gasteiger charge is 2.17. The lowest BCUT2D eigenvalue weighted by atomic mass is 10.1. The van der Waals surface area contributed by atoms with Gasteiger partial charge in [0.2, 0.25) is 5.82 Å². The van der Waals surface area contributed by atoms with Gasteiger partial charge >= 0.3 is 0 Å². The van der Waals surface area contributed by atoms with Crippen LogP contribution in [0.3, 0.4) is 0 Å². The molecule has 0 spiro atoms. The second kappa shape index (κ2) is 7.80. The van der Waals surface area contributed by atoms with Crippen LogP contribution in [0.2, 0.25) is 10.0 Å². The Morgan fingerprint density at radius 2 is 1.82 bits per heavy atom. The van der Waals surface area contributed by atoms with Gasteiger partial charge in [-0.15, -0.1) is 0 Å². The Hall–Kier alpha value is -3.22. The van der Waals surface area contributed by atoms with Crippen LogP contribution in [0, 0.1) is 0 Å². The van der Waals surface area contributed by atoms with Crippen molar-refractivity contribution in [1.82, 2.24) is 15.1 Å². The van der Waals surface area contributed by atoms with Gasteiger partial charge in [0.25, 0.3) is 11.8 Å². The normalized spacial score (nSPS) is 10.6. The lowest BCUT2D eigenvalue weighted by Gasteiger charge is -2.09. The summed E-state index contributed by atoms with van der Waals surface area (Å²) in [6.07, 6.45) is 1.65. The summed E-state index contributed by atoms with van der Waals surface area (Å²) in [5.74, 6) is 0.245. The van der Waals surface area contributed by atoms with E-state index in [0.717, 1.165) is 0 Å². The highest BCUT2D eigenvalue weighted by Crippen LogP contribution is 2.29. The summed E-state index contributed by atoms with van der Waals surface area (Å²) in [4.78, 5) is 21.2. The maximum Gasteiger partial charge on any atom is 0.260 e. The predicted molar refractivity (Wildman–Crippen MR) is 107 cm³/mol. The Morgan fingerprint density at radius 1 is 1.00 bits per heavy atom. The molecule has 0 unspecified atom stereocenters. The first kappa shape index (κ1) is 18.2. The largest absolute Gasteiger partial charge is 0.333 e. The van der Waals surface area contributed by atoms with Gasteiger partial charge in [0.1, 0.15) is 5.69 Å². The van der Waals surface area contributed by atoms with Gasteiger partial charge in [-0.05, 0) is 42.5 Å². The van der Waals surface area contributed by atoms with Crippen molar-refractivity contribution in [3.63, 3.8) is 0 Å². The fourth-order valence-electron chi connectivity index (χ4n) is 2.57. The van der Waals surface area contributed by atoms with E-state index in [9.17, 15) is 4.79 Å². The van der Waals surface area contributed by atoms with Gasteiger partial charge in [-0.3, -0.25) is 9.78 Å². The van der Waals surface area contributed by atoms with E-state index in [2.05, 4.69) is 20.4 Å². The molecule has 28 heavy (non-hydrogen) atoms. The SMILES string of the molecule is O=C(Nc1ccccc1-c1nc(-c2ccccn2)no1)c1ccc(Cl)cc1Cl. The fourth-order valence-corrected chi connectivity index (χ4v) is 3.07. The van der Waals surface area contributed by atoms with Gasteiger partial charge in [0.15, 0.2) is 0 Å². The van der Waals surface area contributed by atoms with Crippen molar-refractivity contribution in [3.8, 4) is 23.0 Å². The van der Waals surface area contributed by atoms with Crippen LogP contribution in [0.4, 0.5) is 5.69 Å². The molecule has 0 fully saturated rings. The van der Waals surface area contributed by atoms with Crippen LogP contribution < -0.4 is 5.32 Å². The molecule has 8 heteroatoms. The Morgan fingerprint density at radius 3 is 2.61 bits per heavy atom. The highest BCUT2D eigenvalue weighted by atomic mass is 35.5. The molecule has 2 aromatic carbocycles. The predicted octanol–water partition coefficient (Wildman–Crippen LogP) is 5.36. The zero-order chi connectivity index (χ0) is 19.5. The first-order valence-corrected chi connectivity index (χ1v) is 8.98. The summed E-state index contributed by atoms with van der Waals surface area (Å²) >= 11 is 12.0. The molecule has 0 bridgehead atoms. The molecule has 1 N–H and O–H groups in total. The molecule has 6 nitrogen and oxygen atoms in total. The van der Waals surface area contributed by atoms with Gasteiger partial charge in [-0.25, -0.2) is 0 Å². The van der Waals surface area contributed by atoms with Gasteiger partial charge in [0, 0.05) is 11.2 Å². The number of amides is 1. The molecular formula is C20H12Cl2N4O2. The van der Waals surface area contributed by atoms with E-state index in [1.807, 2.05) is 12.1 Å². The number of rotatable bonds is 4. The van der Waals surface area contributed by atoms with Crippen LogP contribution in [0.25, 0.3) is 23.0 Å². The second-order valence-electron chi connectivity index (χ2n) is 5.76. The lowest BCUT2D eigenvalue weighted by Crippen LogP contribution is -2.13. The molecule has 0 radical (unpaired) electrons. The van der Waals surface area contributed by atoms with Gasteiger partial charge < -0.3 is 9.84 Å². The Balaban J connectivity index is 1.64. The van der Waals surface area contributed by atoms with Crippen molar-refractivity contribution >= 4 is 34.8 Å². The number of para-hydroxylation sites is 1. The highest BCUT2D eigenvalue weighted by molar-refractivity contribution is 6.37. The number of pyridine rings is 1. The van der Waals surface area contributed by atoms with Crippen LogP contribution in [0.1, 0.15) is 10.4 Å². The average Bonchev–Trinajstić information content (AvgIpc) is 3.19. The third kappa shape index (κ3) is 3.74. The Kier molecular flexibility index (Phi) is 5.06. The number of carbonyl (C=O) groups excluding carboxylic acids is 1. The summed E-state index contributed by atoms with van der Waals surface area (Å²) in [5, 5.41) is 7.51. The van der Waals surface area contributed by atoms with Crippen molar-refractivity contribution in [2.75, 3.05) is 5.32 Å². The summed E-state index contributed by atoms with van der Waals surface area (Å²) in [6.45, 7) is 0. The molecule has 2 aromatic heterocycles. The molecule has 1 amide bonds. The molecule has 0 aliphatic rings. The molecule has 4 rings (SSSR count). The first-order valence-electron chi connectivity index (χ1n) is 8.23. The van der Waals surface area contributed by atoms with Crippen LogP contribution in [-0.4, -0.2) is 21.0 Å². The molecular weight excluding hydrogens is 399 g/mol. The topological polar surface area (TPSA) is 80.9 Å². The van der Waals surface area contributed by atoms with E-state index in [1.54, 1.807) is 48.7 Å². The van der Waals surface area contributed by atoms with E-state index in [1.165, 1.54) is 6.07 Å². The van der Waals surface area contributed by atoms with Crippen LogP contribution >= 0.6 is 23.2 Å². The molecule has 0 atom stereocenters. The number of aromatic nitrogens is 3. The first-order chi connectivity index (χ1) is 13.6. The molecule has 0 saturated heterocycles. The van der Waals surface area contributed by atoms with Gasteiger partial charge in [-0.2, -0.15) is 4.98 Å². The van der Waals surface area contributed by atoms with E-state index in [-0.39, 0.29) is 16.8 Å². The van der Waals surface area contributed by atoms with Crippen LogP contribution in [-0.2, 0) is 0 Å². The standard InChI is InChI=1S/C20H12Cl2N4O2/c21-12-8-9-13(15(22)11-12)19(27)24-16-6-2-1-5-14(16)20-25-18(26-28-20)17-7-3-4-10-23-17/h1-11H,(H,24,27). The summed E-state index contributed by atoms with van der Waals surface area (Å²) in [6, 6.07) is 17.2. The van der Waals surface area contributed by atoms with E-state index in [4.69, 9.17) is 27.7 Å². The monoisotopic (exact) mass is 410 g/mol. The van der Waals surface area contributed by atoms with Crippen molar-refractivity contribution in [1.29, 1.82) is 0 Å². The molecule has 2 heterocycles. The summed E-state index contributed by atoms with van der Waals surface area (Å²) in [7, 11) is 0. The fraction of sp³-hybridized carbons (Fsp3) is 0. The quantitative estimate of drug-likeness (QED) is 0.489. The zero-order valence-electron chi connectivity index (χ0n) is 14.3. The lowest BCUT2D eigenvalue weighted by molar-refractivity contribution is 0.102. The third-order valence-corrected chi connectivity index (χ3v) is 4.45. The summed E-state index contributed by atoms with van der Waals surface area (Å²) in [5.41, 5.74) is 1.98. The number of anilines is 1. The number of nitrogens with one attached hydrogen (secondary N) is 1. The molecule has 0 aliphatic carbocycles. The number of halogens is 2. The van der Waals surface area contributed by atoms with Crippen LogP contribution in [0.5, 0.6) is 0 Å². The van der Waals surface area contributed by atoms with E-state index >= 15 is 0 Å². The zero-order valence-corrected chi connectivity index (χ0v) is 15.8. The maximum absolute atomic E-state index is 12.6.